The van der Waals surface area contributed by atoms with Crippen LogP contribution in [-0.4, -0.2) is 34.1 Å². The monoisotopic (exact) mass is 273 g/mol. The van der Waals surface area contributed by atoms with Gasteiger partial charge in [-0.3, -0.25) is 4.79 Å². The Kier molecular flexibility index (Phi) is 3.30. The molecule has 2 atom stereocenters. The molecule has 2 aromatic rings. The third-order valence-electron chi connectivity index (χ3n) is 3.74. The van der Waals surface area contributed by atoms with Gasteiger partial charge in [-0.25, -0.2) is 4.98 Å². The van der Waals surface area contributed by atoms with Gasteiger partial charge >= 0.3 is 0 Å². The van der Waals surface area contributed by atoms with E-state index in [9.17, 15) is 4.79 Å². The predicted molar refractivity (Wildman–Crippen MR) is 77.8 cm³/mol. The number of fused-ring (bicyclic) bond motifs is 1. The van der Waals surface area contributed by atoms with Gasteiger partial charge in [0.05, 0.1) is 6.20 Å². The molecule has 1 saturated heterocycles. The molecule has 3 rings (SSSR count). The number of hydrogen-bond acceptors (Lipinski definition) is 4. The molecule has 2 aromatic heterocycles. The van der Waals surface area contributed by atoms with Crippen LogP contribution in [0.2, 0.25) is 0 Å². The van der Waals surface area contributed by atoms with Gasteiger partial charge < -0.3 is 10.2 Å². The van der Waals surface area contributed by atoms with Crippen LogP contribution in [0.4, 0.5) is 11.6 Å². The number of hydrogen-bond donors (Lipinski definition) is 1. The Morgan fingerprint density at radius 1 is 1.35 bits per heavy atom. The first-order valence-corrected chi connectivity index (χ1v) is 6.97. The zero-order chi connectivity index (χ0) is 14.1. The maximum atomic E-state index is 10.7. The molecule has 0 saturated carbocycles. The van der Waals surface area contributed by atoms with E-state index >= 15 is 0 Å². The zero-order valence-electron chi connectivity index (χ0n) is 11.8. The van der Waals surface area contributed by atoms with Crippen LogP contribution in [0.15, 0.2) is 18.3 Å². The summed E-state index contributed by atoms with van der Waals surface area (Å²) in [7, 11) is 0. The second-order valence-electron chi connectivity index (χ2n) is 5.71. The topological polar surface area (TPSA) is 62.5 Å². The normalized spacial score (nSPS) is 23.0. The summed E-state index contributed by atoms with van der Waals surface area (Å²) in [6.07, 6.45) is 3.64. The van der Waals surface area contributed by atoms with Crippen molar-refractivity contribution in [1.82, 2.24) is 14.6 Å². The van der Waals surface area contributed by atoms with E-state index in [1.165, 1.54) is 6.42 Å². The maximum absolute atomic E-state index is 10.7. The molecule has 106 valence electrons. The van der Waals surface area contributed by atoms with Crippen LogP contribution in [0.1, 0.15) is 20.3 Å². The van der Waals surface area contributed by atoms with E-state index in [2.05, 4.69) is 34.1 Å². The van der Waals surface area contributed by atoms with Gasteiger partial charge in [0.25, 0.3) is 0 Å². The summed E-state index contributed by atoms with van der Waals surface area (Å²) in [6, 6.07) is 3.73. The number of amides is 1. The molecule has 1 amide bonds. The summed E-state index contributed by atoms with van der Waals surface area (Å²) in [4.78, 5) is 17.3. The molecule has 6 heteroatoms. The van der Waals surface area contributed by atoms with Crippen molar-refractivity contribution in [3.05, 3.63) is 18.3 Å². The molecule has 1 aliphatic heterocycles. The van der Waals surface area contributed by atoms with Gasteiger partial charge in [-0.1, -0.05) is 13.8 Å². The largest absolute Gasteiger partial charge is 0.356 e. The summed E-state index contributed by atoms with van der Waals surface area (Å²) in [6.45, 7) is 6.55. The molecule has 0 bridgehead atoms. The Hall–Kier alpha value is -2.11. The highest BCUT2D eigenvalue weighted by Crippen LogP contribution is 2.27. The van der Waals surface area contributed by atoms with Gasteiger partial charge in [-0.15, -0.1) is 0 Å². The lowest BCUT2D eigenvalue weighted by molar-refractivity contribution is -0.105. The Morgan fingerprint density at radius 3 is 2.80 bits per heavy atom. The first-order chi connectivity index (χ1) is 9.67. The van der Waals surface area contributed by atoms with Crippen LogP contribution in [-0.2, 0) is 4.79 Å². The lowest BCUT2D eigenvalue weighted by Crippen LogP contribution is -2.39. The van der Waals surface area contributed by atoms with Crippen LogP contribution in [0, 0.1) is 11.8 Å². The van der Waals surface area contributed by atoms with Crippen LogP contribution in [0.25, 0.3) is 5.65 Å². The summed E-state index contributed by atoms with van der Waals surface area (Å²) < 4.78 is 1.83. The molecule has 0 spiro atoms. The van der Waals surface area contributed by atoms with E-state index in [0.717, 1.165) is 24.6 Å². The van der Waals surface area contributed by atoms with Gasteiger partial charge in [0.1, 0.15) is 11.6 Å². The van der Waals surface area contributed by atoms with Crippen LogP contribution >= 0.6 is 0 Å². The molecule has 20 heavy (non-hydrogen) atoms. The van der Waals surface area contributed by atoms with E-state index in [-0.39, 0.29) is 0 Å². The maximum Gasteiger partial charge on any atom is 0.212 e. The quantitative estimate of drug-likeness (QED) is 0.866. The molecule has 0 radical (unpaired) electrons. The summed E-state index contributed by atoms with van der Waals surface area (Å²) >= 11 is 0. The standard InChI is InChI=1S/C14H19N5O/c1-10-5-11(2)8-18(7-10)14-6-12(15-9-20)17-13-3-4-16-19(13)14/h3-4,6,9-11H,5,7-8H2,1-2H3,(H,15,17,20). The van der Waals surface area contributed by atoms with Crippen molar-refractivity contribution in [3.8, 4) is 0 Å². The molecule has 1 aliphatic rings. The number of piperidine rings is 1. The molecule has 2 unspecified atom stereocenters. The Labute approximate surface area is 117 Å². The highest BCUT2D eigenvalue weighted by Gasteiger charge is 2.24. The number of carbonyl (C=O) groups is 1. The van der Waals surface area contributed by atoms with Gasteiger partial charge in [0.15, 0.2) is 5.65 Å². The van der Waals surface area contributed by atoms with E-state index in [0.29, 0.717) is 24.1 Å². The van der Waals surface area contributed by atoms with E-state index in [1.807, 2.05) is 16.6 Å². The molecule has 0 aliphatic carbocycles. The minimum absolute atomic E-state index is 0.564. The van der Waals surface area contributed by atoms with E-state index in [4.69, 9.17) is 0 Å². The first kappa shape index (κ1) is 12.9. The van der Waals surface area contributed by atoms with E-state index in [1.54, 1.807) is 6.20 Å². The van der Waals surface area contributed by atoms with E-state index < -0.39 is 0 Å². The molecule has 6 nitrogen and oxygen atoms in total. The third-order valence-corrected chi connectivity index (χ3v) is 3.74. The van der Waals surface area contributed by atoms with Crippen molar-refractivity contribution in [2.24, 2.45) is 11.8 Å². The minimum Gasteiger partial charge on any atom is -0.356 e. The second kappa shape index (κ2) is 5.11. The third kappa shape index (κ3) is 2.33. The van der Waals surface area contributed by atoms with Crippen molar-refractivity contribution in [3.63, 3.8) is 0 Å². The fourth-order valence-electron chi connectivity index (χ4n) is 3.11. The number of anilines is 2. The van der Waals surface area contributed by atoms with Crippen LogP contribution < -0.4 is 10.2 Å². The number of carbonyl (C=O) groups excluding carboxylic acids is 1. The Morgan fingerprint density at radius 2 is 2.10 bits per heavy atom. The Bertz CT molecular complexity index is 613. The highest BCUT2D eigenvalue weighted by molar-refractivity contribution is 5.72. The first-order valence-electron chi connectivity index (χ1n) is 6.97. The smallest absolute Gasteiger partial charge is 0.212 e. The van der Waals surface area contributed by atoms with Crippen molar-refractivity contribution in [2.75, 3.05) is 23.3 Å². The van der Waals surface area contributed by atoms with Crippen LogP contribution in [0.3, 0.4) is 0 Å². The number of nitrogens with one attached hydrogen (secondary N) is 1. The highest BCUT2D eigenvalue weighted by atomic mass is 16.1. The molecular weight excluding hydrogens is 254 g/mol. The average Bonchev–Trinajstić information content (AvgIpc) is 2.85. The lowest BCUT2D eigenvalue weighted by Gasteiger charge is -2.36. The molecule has 1 fully saturated rings. The fraction of sp³-hybridized carbons (Fsp3) is 0.500. The van der Waals surface area contributed by atoms with Crippen molar-refractivity contribution >= 4 is 23.7 Å². The summed E-state index contributed by atoms with van der Waals surface area (Å²) in [5, 5.41) is 6.97. The van der Waals surface area contributed by atoms with Gasteiger partial charge in [0.2, 0.25) is 6.41 Å². The Balaban J connectivity index is 2.04. The predicted octanol–water partition coefficient (Wildman–Crippen LogP) is 1.78. The van der Waals surface area contributed by atoms with Crippen molar-refractivity contribution in [1.29, 1.82) is 0 Å². The second-order valence-corrected chi connectivity index (χ2v) is 5.71. The van der Waals surface area contributed by atoms with Crippen LogP contribution in [0.5, 0.6) is 0 Å². The fourth-order valence-corrected chi connectivity index (χ4v) is 3.11. The minimum atomic E-state index is 0.564. The zero-order valence-corrected chi connectivity index (χ0v) is 11.8. The summed E-state index contributed by atoms with van der Waals surface area (Å²) in [5.41, 5.74) is 0.748. The summed E-state index contributed by atoms with van der Waals surface area (Å²) in [5.74, 6) is 2.86. The lowest BCUT2D eigenvalue weighted by atomic mass is 9.92. The SMILES string of the molecule is CC1CC(C)CN(c2cc(NC=O)nc3ccnn23)C1. The number of rotatable bonds is 3. The molecule has 0 aromatic carbocycles. The van der Waals surface area contributed by atoms with Gasteiger partial charge in [-0.05, 0) is 18.3 Å². The molecule has 3 heterocycles. The van der Waals surface area contributed by atoms with Crippen molar-refractivity contribution in [2.45, 2.75) is 20.3 Å². The number of nitrogens with zero attached hydrogens (tertiary/aromatic N) is 4. The van der Waals surface area contributed by atoms with Gasteiger partial charge in [-0.2, -0.15) is 9.61 Å². The number of aromatic nitrogens is 3. The van der Waals surface area contributed by atoms with Crippen molar-refractivity contribution < 1.29 is 4.79 Å². The molecular formula is C14H19N5O. The average molecular weight is 273 g/mol. The molecule has 1 N–H and O–H groups in total. The van der Waals surface area contributed by atoms with Gasteiger partial charge in [0, 0.05) is 25.2 Å².